The van der Waals surface area contributed by atoms with Gasteiger partial charge in [-0.3, -0.25) is 0 Å². The molecule has 1 N–H and O–H groups in total. The fraction of sp³-hybridized carbons (Fsp3) is 0. The first-order valence-electron chi connectivity index (χ1n) is 9.67. The summed E-state index contributed by atoms with van der Waals surface area (Å²) in [5.41, 5.74) is 6.45. The van der Waals surface area contributed by atoms with E-state index in [1.165, 1.54) is 10.8 Å². The van der Waals surface area contributed by atoms with Crippen LogP contribution in [0.3, 0.4) is 0 Å². The summed E-state index contributed by atoms with van der Waals surface area (Å²) >= 11 is 10.2. The fourth-order valence-electron chi connectivity index (χ4n) is 4.22. The maximum absolute atomic E-state index is 6.69. The van der Waals surface area contributed by atoms with E-state index in [0.717, 1.165) is 43.0 Å². The molecule has 0 saturated carbocycles. The van der Waals surface area contributed by atoms with Crippen molar-refractivity contribution in [2.45, 2.75) is 0 Å². The summed E-state index contributed by atoms with van der Waals surface area (Å²) in [5.74, 6) is 0. The maximum atomic E-state index is 6.69. The van der Waals surface area contributed by atoms with Crippen molar-refractivity contribution in [2.75, 3.05) is 0 Å². The van der Waals surface area contributed by atoms with E-state index in [1.807, 2.05) is 18.2 Å². The molecule has 0 amide bonds. The molecule has 0 aliphatic heterocycles. The molecule has 30 heavy (non-hydrogen) atoms. The molecule has 6 rings (SSSR count). The van der Waals surface area contributed by atoms with Gasteiger partial charge in [0.2, 0.25) is 5.52 Å². The van der Waals surface area contributed by atoms with E-state index in [1.54, 1.807) is 0 Å². The number of halogens is 2. The van der Waals surface area contributed by atoms with E-state index < -0.39 is 0 Å². The van der Waals surface area contributed by atoms with Gasteiger partial charge in [0.1, 0.15) is 5.69 Å². The van der Waals surface area contributed by atoms with Crippen molar-refractivity contribution in [3.63, 3.8) is 0 Å². The topological polar surface area (TPSA) is 24.8 Å². The number of rotatable bonds is 2. The van der Waals surface area contributed by atoms with Gasteiger partial charge in [-0.15, -0.1) is 0 Å². The number of aromatic amines is 1. The number of aromatic nitrogens is 3. The summed E-state index contributed by atoms with van der Waals surface area (Å²) in [4.78, 5) is 3.64. The first-order chi connectivity index (χ1) is 14.7. The maximum Gasteiger partial charge on any atom is 0.254 e. The highest BCUT2D eigenvalue weighted by atomic mass is 79.9. The molecule has 3 heterocycles. The standard InChI is InChI=1S/C25H16BrClN3/c26-16-9-11-17(12-10-16)30-15-29-14-13-19-18-5-2-4-8-22(18)28-23(19)25(29)24(30)20-6-1-3-7-21(20)27/h1-15,28H/q+1. The lowest BCUT2D eigenvalue weighted by atomic mass is 10.1. The summed E-state index contributed by atoms with van der Waals surface area (Å²) in [5, 5.41) is 3.15. The number of benzene rings is 3. The molecule has 0 spiro atoms. The van der Waals surface area contributed by atoms with Crippen molar-refractivity contribution in [1.82, 2.24) is 9.55 Å². The van der Waals surface area contributed by atoms with Crippen LogP contribution in [0.4, 0.5) is 0 Å². The zero-order chi connectivity index (χ0) is 20.2. The number of nitrogens with one attached hydrogen (secondary N) is 1. The largest absolute Gasteiger partial charge is 0.351 e. The van der Waals surface area contributed by atoms with Gasteiger partial charge < -0.3 is 4.98 Å². The Balaban J connectivity index is 1.80. The van der Waals surface area contributed by atoms with Gasteiger partial charge in [-0.2, -0.15) is 8.97 Å². The van der Waals surface area contributed by atoms with Crippen LogP contribution >= 0.6 is 27.5 Å². The highest BCUT2D eigenvalue weighted by Gasteiger charge is 2.26. The van der Waals surface area contributed by atoms with Crippen LogP contribution in [0.2, 0.25) is 5.02 Å². The SMILES string of the molecule is Clc1ccccc1-c1c2c3[nH]c4ccccc4c3cc[n+]2cn1-c1ccc(Br)cc1. The second kappa shape index (κ2) is 6.73. The predicted molar refractivity (Wildman–Crippen MR) is 126 cm³/mol. The molecule has 0 radical (unpaired) electrons. The van der Waals surface area contributed by atoms with Crippen molar-refractivity contribution in [1.29, 1.82) is 0 Å². The molecule has 144 valence electrons. The Morgan fingerprint density at radius 2 is 1.60 bits per heavy atom. The van der Waals surface area contributed by atoms with E-state index in [-0.39, 0.29) is 0 Å². The van der Waals surface area contributed by atoms with Crippen molar-refractivity contribution >= 4 is 54.9 Å². The lowest BCUT2D eigenvalue weighted by Crippen LogP contribution is -2.17. The first kappa shape index (κ1) is 17.8. The predicted octanol–water partition coefficient (Wildman–Crippen LogP) is 6.93. The number of hydrogen-bond acceptors (Lipinski definition) is 0. The fourth-order valence-corrected chi connectivity index (χ4v) is 4.71. The van der Waals surface area contributed by atoms with Gasteiger partial charge in [-0.25, -0.2) is 0 Å². The molecule has 3 nitrogen and oxygen atoms in total. The average molecular weight is 474 g/mol. The number of H-pyrrole nitrogens is 1. The molecule has 3 aromatic heterocycles. The van der Waals surface area contributed by atoms with Crippen LogP contribution in [0, 0.1) is 0 Å². The van der Waals surface area contributed by atoms with Crippen molar-refractivity contribution in [2.24, 2.45) is 0 Å². The molecule has 6 aromatic rings. The monoisotopic (exact) mass is 472 g/mol. The van der Waals surface area contributed by atoms with E-state index >= 15 is 0 Å². The highest BCUT2D eigenvalue weighted by molar-refractivity contribution is 9.10. The summed E-state index contributed by atoms with van der Waals surface area (Å²) in [7, 11) is 0. The Hall–Kier alpha value is -3.08. The van der Waals surface area contributed by atoms with Gasteiger partial charge in [0.05, 0.1) is 16.7 Å². The van der Waals surface area contributed by atoms with Gasteiger partial charge in [-0.05, 0) is 48.5 Å². The highest BCUT2D eigenvalue weighted by Crippen LogP contribution is 2.36. The third kappa shape index (κ3) is 2.61. The number of para-hydroxylation sites is 1. The van der Waals surface area contributed by atoms with Crippen LogP contribution < -0.4 is 4.40 Å². The quantitative estimate of drug-likeness (QED) is 0.264. The van der Waals surface area contributed by atoms with Crippen molar-refractivity contribution < 1.29 is 4.40 Å². The minimum Gasteiger partial charge on any atom is -0.351 e. The van der Waals surface area contributed by atoms with E-state index in [9.17, 15) is 0 Å². The Labute approximate surface area is 186 Å². The van der Waals surface area contributed by atoms with Crippen LogP contribution in [0.1, 0.15) is 0 Å². The van der Waals surface area contributed by atoms with Crippen LogP contribution in [0.5, 0.6) is 0 Å². The summed E-state index contributed by atoms with van der Waals surface area (Å²) in [6.07, 6.45) is 4.23. The van der Waals surface area contributed by atoms with E-state index in [4.69, 9.17) is 11.6 Å². The third-order valence-electron chi connectivity index (χ3n) is 5.58. The van der Waals surface area contributed by atoms with E-state index in [0.29, 0.717) is 0 Å². The van der Waals surface area contributed by atoms with Crippen LogP contribution in [0.15, 0.2) is 95.9 Å². The Morgan fingerprint density at radius 1 is 0.833 bits per heavy atom. The molecule has 0 aliphatic rings. The minimum absolute atomic E-state index is 0.726. The molecular formula is C25H16BrClN3+. The minimum atomic E-state index is 0.726. The first-order valence-corrected chi connectivity index (χ1v) is 10.8. The van der Waals surface area contributed by atoms with Gasteiger partial charge in [0, 0.05) is 26.3 Å². The van der Waals surface area contributed by atoms with Gasteiger partial charge in [-0.1, -0.05) is 57.9 Å². The van der Waals surface area contributed by atoms with Crippen molar-refractivity contribution in [3.8, 4) is 16.9 Å². The second-order valence-electron chi connectivity index (χ2n) is 7.32. The normalized spacial score (nSPS) is 11.7. The number of pyridine rings is 1. The van der Waals surface area contributed by atoms with Gasteiger partial charge >= 0.3 is 0 Å². The Kier molecular flexibility index (Phi) is 3.98. The third-order valence-corrected chi connectivity index (χ3v) is 6.44. The number of imidazole rings is 1. The summed E-state index contributed by atoms with van der Waals surface area (Å²) < 4.78 is 5.42. The molecule has 3 aromatic carbocycles. The number of hydrogen-bond donors (Lipinski definition) is 1. The summed E-state index contributed by atoms with van der Waals surface area (Å²) in [6.45, 7) is 0. The molecule has 0 bridgehead atoms. The van der Waals surface area contributed by atoms with E-state index in [2.05, 4.69) is 103 Å². The molecular weight excluding hydrogens is 458 g/mol. The molecule has 0 saturated heterocycles. The lowest BCUT2D eigenvalue weighted by molar-refractivity contribution is -0.510. The second-order valence-corrected chi connectivity index (χ2v) is 8.64. The number of fused-ring (bicyclic) bond motifs is 5. The Bertz CT molecular complexity index is 1560. The average Bonchev–Trinajstić information content (AvgIpc) is 3.33. The lowest BCUT2D eigenvalue weighted by Gasteiger charge is -2.05. The molecule has 0 unspecified atom stereocenters. The van der Waals surface area contributed by atoms with Gasteiger partial charge in [0.25, 0.3) is 6.33 Å². The van der Waals surface area contributed by atoms with Crippen LogP contribution in [-0.2, 0) is 0 Å². The molecule has 0 fully saturated rings. The number of nitrogens with zero attached hydrogens (tertiary/aromatic N) is 2. The van der Waals surface area contributed by atoms with Crippen LogP contribution in [0.25, 0.3) is 44.3 Å². The zero-order valence-corrected chi connectivity index (χ0v) is 18.2. The smallest absolute Gasteiger partial charge is 0.254 e. The molecule has 0 atom stereocenters. The molecule has 0 aliphatic carbocycles. The Morgan fingerprint density at radius 3 is 2.43 bits per heavy atom. The van der Waals surface area contributed by atoms with Crippen molar-refractivity contribution in [3.05, 3.63) is 101 Å². The van der Waals surface area contributed by atoms with Gasteiger partial charge in [0.15, 0.2) is 5.69 Å². The van der Waals surface area contributed by atoms with Crippen LogP contribution in [-0.4, -0.2) is 9.55 Å². The zero-order valence-electron chi connectivity index (χ0n) is 15.8. The molecule has 5 heteroatoms. The summed E-state index contributed by atoms with van der Waals surface area (Å²) in [6, 6.07) is 26.9.